The molecular formula is C22H27ClN2O5S. The maximum absolute atomic E-state index is 12.6. The van der Waals surface area contributed by atoms with Gasteiger partial charge in [-0.3, -0.25) is 4.79 Å². The van der Waals surface area contributed by atoms with E-state index in [0.717, 1.165) is 17.2 Å². The number of esters is 1. The van der Waals surface area contributed by atoms with E-state index < -0.39 is 34.0 Å². The molecule has 0 aliphatic heterocycles. The van der Waals surface area contributed by atoms with Crippen molar-refractivity contribution in [3.63, 3.8) is 0 Å². The predicted molar refractivity (Wildman–Crippen MR) is 120 cm³/mol. The Labute approximate surface area is 188 Å². The number of halogens is 1. The van der Waals surface area contributed by atoms with Crippen molar-refractivity contribution in [2.75, 3.05) is 13.2 Å². The van der Waals surface area contributed by atoms with E-state index in [2.05, 4.69) is 10.0 Å². The Hall–Kier alpha value is -2.42. The number of hydrogen-bond donors (Lipinski definition) is 2. The summed E-state index contributed by atoms with van der Waals surface area (Å²) in [5, 5.41) is 2.67. The molecule has 2 aromatic carbocycles. The maximum Gasteiger partial charge on any atom is 0.338 e. The molecule has 0 unspecified atom stereocenters. The molecule has 0 aliphatic carbocycles. The van der Waals surface area contributed by atoms with Gasteiger partial charge in [-0.15, -0.1) is 0 Å². The van der Waals surface area contributed by atoms with Crippen molar-refractivity contribution in [2.24, 2.45) is 0 Å². The zero-order valence-electron chi connectivity index (χ0n) is 18.0. The Morgan fingerprint density at radius 1 is 1.10 bits per heavy atom. The number of nitrogens with one attached hydrogen (secondary N) is 2. The molecule has 31 heavy (non-hydrogen) atoms. The van der Waals surface area contributed by atoms with Gasteiger partial charge in [0.15, 0.2) is 6.61 Å². The van der Waals surface area contributed by atoms with Gasteiger partial charge < -0.3 is 10.1 Å². The van der Waals surface area contributed by atoms with E-state index in [-0.39, 0.29) is 15.5 Å². The van der Waals surface area contributed by atoms with Crippen molar-refractivity contribution >= 4 is 33.5 Å². The van der Waals surface area contributed by atoms with E-state index >= 15 is 0 Å². The minimum absolute atomic E-state index is 0.0219. The molecule has 7 nitrogen and oxygen atoms in total. The second kappa shape index (κ2) is 10.3. The normalized spacial score (nSPS) is 11.8. The van der Waals surface area contributed by atoms with Gasteiger partial charge in [-0.1, -0.05) is 35.9 Å². The number of ether oxygens (including phenoxy) is 1. The molecule has 0 fully saturated rings. The third-order valence-electron chi connectivity index (χ3n) is 4.21. The van der Waals surface area contributed by atoms with Crippen molar-refractivity contribution in [3.8, 4) is 0 Å². The molecule has 0 radical (unpaired) electrons. The van der Waals surface area contributed by atoms with E-state index in [4.69, 9.17) is 16.3 Å². The highest BCUT2D eigenvalue weighted by Gasteiger charge is 2.25. The van der Waals surface area contributed by atoms with Crippen LogP contribution in [0.15, 0.2) is 47.4 Å². The van der Waals surface area contributed by atoms with E-state index in [0.29, 0.717) is 13.0 Å². The monoisotopic (exact) mass is 466 g/mol. The average molecular weight is 467 g/mol. The van der Waals surface area contributed by atoms with Crippen LogP contribution in [0, 0.1) is 6.92 Å². The van der Waals surface area contributed by atoms with Crippen LogP contribution in [0.4, 0.5) is 0 Å². The van der Waals surface area contributed by atoms with Gasteiger partial charge in [-0.2, -0.15) is 0 Å². The summed E-state index contributed by atoms with van der Waals surface area (Å²) in [6, 6.07) is 11.6. The fraction of sp³-hybridized carbons (Fsp3) is 0.364. The molecule has 2 aromatic rings. The maximum atomic E-state index is 12.6. The summed E-state index contributed by atoms with van der Waals surface area (Å²) in [7, 11) is -3.95. The second-order valence-electron chi connectivity index (χ2n) is 8.10. The summed E-state index contributed by atoms with van der Waals surface area (Å²) in [6.07, 6.45) is 0.658. The lowest BCUT2D eigenvalue weighted by Crippen LogP contribution is -2.40. The van der Waals surface area contributed by atoms with Crippen LogP contribution < -0.4 is 10.0 Å². The summed E-state index contributed by atoms with van der Waals surface area (Å²) in [5.74, 6) is -1.27. The van der Waals surface area contributed by atoms with Gasteiger partial charge in [0.05, 0.1) is 10.6 Å². The second-order valence-corrected chi connectivity index (χ2v) is 10.2. The van der Waals surface area contributed by atoms with Crippen molar-refractivity contribution in [3.05, 3.63) is 64.2 Å². The number of sulfonamides is 1. The van der Waals surface area contributed by atoms with Crippen molar-refractivity contribution in [2.45, 2.75) is 44.6 Å². The molecule has 2 rings (SSSR count). The van der Waals surface area contributed by atoms with Crippen LogP contribution in [0.3, 0.4) is 0 Å². The molecule has 0 saturated carbocycles. The Balaban J connectivity index is 1.95. The van der Waals surface area contributed by atoms with Crippen LogP contribution in [0.2, 0.25) is 5.02 Å². The number of aryl methyl sites for hydroxylation is 1. The zero-order chi connectivity index (χ0) is 23.2. The summed E-state index contributed by atoms with van der Waals surface area (Å²) in [5.41, 5.74) is 1.51. The lowest BCUT2D eigenvalue weighted by molar-refractivity contribution is -0.124. The molecule has 1 amide bonds. The molecule has 0 aliphatic rings. The van der Waals surface area contributed by atoms with E-state index in [1.54, 1.807) is 20.8 Å². The molecule has 0 aromatic heterocycles. The first-order valence-corrected chi connectivity index (χ1v) is 11.6. The summed E-state index contributed by atoms with van der Waals surface area (Å²) >= 11 is 6.03. The molecule has 0 heterocycles. The minimum Gasteiger partial charge on any atom is -0.452 e. The quantitative estimate of drug-likeness (QED) is 0.581. The van der Waals surface area contributed by atoms with Crippen LogP contribution in [-0.4, -0.2) is 39.0 Å². The molecule has 2 N–H and O–H groups in total. The lowest BCUT2D eigenvalue weighted by atomic mass is 10.1. The number of benzene rings is 2. The molecule has 9 heteroatoms. The zero-order valence-corrected chi connectivity index (χ0v) is 19.6. The van der Waals surface area contributed by atoms with E-state index in [1.807, 2.05) is 31.2 Å². The van der Waals surface area contributed by atoms with Gasteiger partial charge in [-0.05, 0) is 63.4 Å². The Bertz CT molecular complexity index is 1060. The standard InChI is InChI=1S/C22H27ClN2O5S/c1-15-7-5-6-8-16(15)11-12-24-20(26)14-30-21(27)17-9-10-18(23)19(13-17)31(28,29)25-22(2,3)4/h5-10,13,25H,11-12,14H2,1-4H3,(H,24,26). The van der Waals surface area contributed by atoms with E-state index in [9.17, 15) is 18.0 Å². The molecule has 0 spiro atoms. The number of carbonyl (C=O) groups excluding carboxylic acids is 2. The third kappa shape index (κ3) is 7.65. The fourth-order valence-electron chi connectivity index (χ4n) is 2.79. The van der Waals surface area contributed by atoms with Gasteiger partial charge in [0.25, 0.3) is 5.91 Å². The van der Waals surface area contributed by atoms with Crippen LogP contribution in [0.1, 0.15) is 42.3 Å². The molecular weight excluding hydrogens is 440 g/mol. The third-order valence-corrected chi connectivity index (χ3v) is 6.45. The highest BCUT2D eigenvalue weighted by Crippen LogP contribution is 2.24. The molecule has 0 saturated heterocycles. The van der Waals surface area contributed by atoms with Crippen molar-refractivity contribution in [1.82, 2.24) is 10.0 Å². The van der Waals surface area contributed by atoms with Gasteiger partial charge in [0.2, 0.25) is 10.0 Å². The summed E-state index contributed by atoms with van der Waals surface area (Å²) < 4.78 is 32.6. The predicted octanol–water partition coefficient (Wildman–Crippen LogP) is 3.24. The highest BCUT2D eigenvalue weighted by molar-refractivity contribution is 7.89. The average Bonchev–Trinajstić information content (AvgIpc) is 2.66. The minimum atomic E-state index is -3.95. The summed E-state index contributed by atoms with van der Waals surface area (Å²) in [6.45, 7) is 6.99. The number of carbonyl (C=O) groups is 2. The van der Waals surface area contributed by atoms with Crippen molar-refractivity contribution < 1.29 is 22.7 Å². The van der Waals surface area contributed by atoms with E-state index in [1.165, 1.54) is 12.1 Å². The van der Waals surface area contributed by atoms with Gasteiger partial charge in [-0.25, -0.2) is 17.9 Å². The summed E-state index contributed by atoms with van der Waals surface area (Å²) in [4.78, 5) is 24.0. The van der Waals surface area contributed by atoms with Crippen LogP contribution >= 0.6 is 11.6 Å². The van der Waals surface area contributed by atoms with Gasteiger partial charge in [0, 0.05) is 12.1 Å². The lowest BCUT2D eigenvalue weighted by Gasteiger charge is -2.21. The Morgan fingerprint density at radius 2 is 1.77 bits per heavy atom. The molecule has 0 atom stereocenters. The fourth-order valence-corrected chi connectivity index (χ4v) is 4.73. The molecule has 168 valence electrons. The highest BCUT2D eigenvalue weighted by atomic mass is 35.5. The number of rotatable bonds is 8. The number of amides is 1. The SMILES string of the molecule is Cc1ccccc1CCNC(=O)COC(=O)c1ccc(Cl)c(S(=O)(=O)NC(C)(C)C)c1. The van der Waals surface area contributed by atoms with Crippen molar-refractivity contribution in [1.29, 1.82) is 0 Å². The first-order valence-electron chi connectivity index (χ1n) is 9.71. The van der Waals surface area contributed by atoms with Crippen LogP contribution in [0.25, 0.3) is 0 Å². The Morgan fingerprint density at radius 3 is 2.42 bits per heavy atom. The van der Waals surface area contributed by atoms with Crippen LogP contribution in [0.5, 0.6) is 0 Å². The van der Waals surface area contributed by atoms with Gasteiger partial charge >= 0.3 is 5.97 Å². The topological polar surface area (TPSA) is 102 Å². The van der Waals surface area contributed by atoms with Crippen LogP contribution in [-0.2, 0) is 26.0 Å². The first-order chi connectivity index (χ1) is 14.4. The Kier molecular flexibility index (Phi) is 8.22. The molecule has 0 bridgehead atoms. The number of hydrogen-bond acceptors (Lipinski definition) is 5. The smallest absolute Gasteiger partial charge is 0.338 e. The van der Waals surface area contributed by atoms with Gasteiger partial charge in [0.1, 0.15) is 4.90 Å². The first kappa shape index (κ1) is 24.8. The largest absolute Gasteiger partial charge is 0.452 e.